The Kier molecular flexibility index (Phi) is 6.30. The van der Waals surface area contributed by atoms with Crippen LogP contribution in [0.4, 0.5) is 5.69 Å². The molecule has 0 radical (unpaired) electrons. The van der Waals surface area contributed by atoms with Crippen molar-refractivity contribution in [3.8, 4) is 5.75 Å². The molecule has 1 aromatic rings. The van der Waals surface area contributed by atoms with Crippen molar-refractivity contribution in [3.63, 3.8) is 0 Å². The van der Waals surface area contributed by atoms with Gasteiger partial charge in [0.25, 0.3) is 0 Å². The molecule has 0 saturated heterocycles. The summed E-state index contributed by atoms with van der Waals surface area (Å²) in [6.07, 6.45) is 7.63. The second-order valence-electron chi connectivity index (χ2n) is 5.84. The largest absolute Gasteiger partial charge is 0.490 e. The van der Waals surface area contributed by atoms with E-state index in [1.165, 1.54) is 25.7 Å². The predicted molar refractivity (Wildman–Crippen MR) is 93.1 cm³/mol. The molecule has 0 amide bonds. The van der Waals surface area contributed by atoms with Crippen LogP contribution in [-0.4, -0.2) is 17.3 Å². The summed E-state index contributed by atoms with van der Waals surface area (Å²) in [6, 6.07) is 8.46. The molecule has 1 saturated carbocycles. The average molecular weight is 306 g/mol. The summed E-state index contributed by atoms with van der Waals surface area (Å²) in [5.74, 6) is 0.950. The minimum atomic E-state index is 0.403. The Hall–Kier alpha value is -1.29. The molecule has 4 heteroatoms. The van der Waals surface area contributed by atoms with Gasteiger partial charge in [-0.05, 0) is 75.5 Å². The first-order valence-corrected chi connectivity index (χ1v) is 8.42. The number of hydrogen-bond acceptors (Lipinski definition) is 2. The van der Waals surface area contributed by atoms with E-state index in [-0.39, 0.29) is 0 Å². The van der Waals surface area contributed by atoms with Crippen LogP contribution in [0.1, 0.15) is 52.4 Å². The van der Waals surface area contributed by atoms with Crippen molar-refractivity contribution in [2.45, 2.75) is 64.5 Å². The fourth-order valence-corrected chi connectivity index (χ4v) is 3.03. The van der Waals surface area contributed by atoms with E-state index in [1.54, 1.807) is 0 Å². The van der Waals surface area contributed by atoms with Crippen LogP contribution < -0.4 is 15.4 Å². The highest BCUT2D eigenvalue weighted by atomic mass is 32.1. The van der Waals surface area contributed by atoms with Gasteiger partial charge < -0.3 is 15.4 Å². The number of benzene rings is 1. The van der Waals surface area contributed by atoms with Gasteiger partial charge in [-0.2, -0.15) is 0 Å². The average Bonchev–Trinajstić information content (AvgIpc) is 2.94. The van der Waals surface area contributed by atoms with Crippen LogP contribution in [0.15, 0.2) is 24.3 Å². The van der Waals surface area contributed by atoms with Gasteiger partial charge in [-0.1, -0.05) is 13.3 Å². The highest BCUT2D eigenvalue weighted by molar-refractivity contribution is 7.80. The maximum atomic E-state index is 5.96. The third-order valence-corrected chi connectivity index (χ3v) is 4.04. The Balaban J connectivity index is 1.79. The fraction of sp³-hybridized carbons (Fsp3) is 0.588. The Morgan fingerprint density at radius 3 is 2.57 bits per heavy atom. The number of thiocarbonyl (C=S) groups is 1. The lowest BCUT2D eigenvalue weighted by molar-refractivity contribution is 0.210. The lowest BCUT2D eigenvalue weighted by Gasteiger charge is -2.17. The SMILES string of the molecule is CCC[C@@H](C)NC(=S)Nc1ccc(OC2CCCC2)cc1. The zero-order valence-electron chi connectivity index (χ0n) is 13.0. The Morgan fingerprint density at radius 1 is 1.29 bits per heavy atom. The molecule has 1 atom stereocenters. The zero-order chi connectivity index (χ0) is 15.1. The van der Waals surface area contributed by atoms with Crippen LogP contribution >= 0.6 is 12.2 Å². The summed E-state index contributed by atoms with van der Waals surface area (Å²) >= 11 is 5.32. The molecule has 0 aliphatic heterocycles. The summed E-state index contributed by atoms with van der Waals surface area (Å²) in [7, 11) is 0. The molecule has 1 aromatic carbocycles. The maximum Gasteiger partial charge on any atom is 0.170 e. The molecule has 2 N–H and O–H groups in total. The van der Waals surface area contributed by atoms with E-state index in [0.717, 1.165) is 24.3 Å². The van der Waals surface area contributed by atoms with E-state index in [0.29, 0.717) is 17.3 Å². The lowest BCUT2D eigenvalue weighted by Crippen LogP contribution is -2.35. The number of rotatable bonds is 6. The molecule has 1 fully saturated rings. The maximum absolute atomic E-state index is 5.96. The van der Waals surface area contributed by atoms with Crippen LogP contribution in [0, 0.1) is 0 Å². The van der Waals surface area contributed by atoms with Gasteiger partial charge in [0.2, 0.25) is 0 Å². The van der Waals surface area contributed by atoms with Crippen molar-refractivity contribution < 1.29 is 4.74 Å². The van der Waals surface area contributed by atoms with E-state index in [2.05, 4.69) is 24.5 Å². The second kappa shape index (κ2) is 8.23. The smallest absolute Gasteiger partial charge is 0.170 e. The number of hydrogen-bond donors (Lipinski definition) is 2. The normalized spacial score (nSPS) is 16.5. The van der Waals surface area contributed by atoms with Gasteiger partial charge in [-0.3, -0.25) is 0 Å². The quantitative estimate of drug-likeness (QED) is 0.759. The second-order valence-corrected chi connectivity index (χ2v) is 6.25. The third-order valence-electron chi connectivity index (χ3n) is 3.82. The van der Waals surface area contributed by atoms with Crippen LogP contribution in [0.25, 0.3) is 0 Å². The number of ether oxygens (including phenoxy) is 1. The Bertz CT molecular complexity index is 441. The van der Waals surface area contributed by atoms with Crippen molar-refractivity contribution in [2.75, 3.05) is 5.32 Å². The molecule has 21 heavy (non-hydrogen) atoms. The first kappa shape index (κ1) is 16.1. The summed E-state index contributed by atoms with van der Waals surface area (Å²) in [6.45, 7) is 4.33. The summed E-state index contributed by atoms with van der Waals surface area (Å²) < 4.78 is 5.96. The molecule has 2 rings (SSSR count). The van der Waals surface area contributed by atoms with E-state index < -0.39 is 0 Å². The summed E-state index contributed by atoms with van der Waals surface area (Å²) in [5, 5.41) is 7.19. The highest BCUT2D eigenvalue weighted by Crippen LogP contribution is 2.24. The van der Waals surface area contributed by atoms with Crippen molar-refractivity contribution in [2.24, 2.45) is 0 Å². The van der Waals surface area contributed by atoms with Crippen LogP contribution in [0.2, 0.25) is 0 Å². The molecule has 0 bridgehead atoms. The molecule has 0 aromatic heterocycles. The molecule has 0 spiro atoms. The van der Waals surface area contributed by atoms with Crippen molar-refractivity contribution in [1.82, 2.24) is 5.32 Å². The van der Waals surface area contributed by atoms with Gasteiger partial charge in [0.15, 0.2) is 5.11 Å². The molecule has 3 nitrogen and oxygen atoms in total. The molecule has 116 valence electrons. The van der Waals surface area contributed by atoms with Crippen molar-refractivity contribution in [1.29, 1.82) is 0 Å². The van der Waals surface area contributed by atoms with Gasteiger partial charge in [-0.15, -0.1) is 0 Å². The molecule has 0 unspecified atom stereocenters. The minimum absolute atomic E-state index is 0.403. The van der Waals surface area contributed by atoms with Gasteiger partial charge in [0.05, 0.1) is 6.10 Å². The van der Waals surface area contributed by atoms with Gasteiger partial charge in [0.1, 0.15) is 5.75 Å². The lowest BCUT2D eigenvalue weighted by atomic mass is 10.2. The molecule has 1 aliphatic rings. The van der Waals surface area contributed by atoms with Crippen LogP contribution in [-0.2, 0) is 0 Å². The van der Waals surface area contributed by atoms with E-state index in [1.807, 2.05) is 24.3 Å². The third kappa shape index (κ3) is 5.54. The van der Waals surface area contributed by atoms with E-state index in [9.17, 15) is 0 Å². The standard InChI is InChI=1S/C17H26N2OS/c1-3-6-13(2)18-17(21)19-14-9-11-16(12-10-14)20-15-7-4-5-8-15/h9-13,15H,3-8H2,1-2H3,(H2,18,19,21)/t13-/m1/s1. The molecule has 1 aliphatic carbocycles. The summed E-state index contributed by atoms with van der Waals surface area (Å²) in [4.78, 5) is 0. The first-order chi connectivity index (χ1) is 10.2. The van der Waals surface area contributed by atoms with Gasteiger partial charge >= 0.3 is 0 Å². The fourth-order valence-electron chi connectivity index (χ4n) is 2.71. The Morgan fingerprint density at radius 2 is 1.95 bits per heavy atom. The first-order valence-electron chi connectivity index (χ1n) is 8.01. The van der Waals surface area contributed by atoms with Crippen LogP contribution in [0.5, 0.6) is 5.75 Å². The van der Waals surface area contributed by atoms with E-state index in [4.69, 9.17) is 17.0 Å². The molecular formula is C17H26N2OS. The van der Waals surface area contributed by atoms with Gasteiger partial charge in [0, 0.05) is 11.7 Å². The monoisotopic (exact) mass is 306 g/mol. The van der Waals surface area contributed by atoms with Crippen molar-refractivity contribution in [3.05, 3.63) is 24.3 Å². The van der Waals surface area contributed by atoms with E-state index >= 15 is 0 Å². The zero-order valence-corrected chi connectivity index (χ0v) is 13.8. The minimum Gasteiger partial charge on any atom is -0.490 e. The van der Waals surface area contributed by atoms with Crippen molar-refractivity contribution >= 4 is 23.0 Å². The van der Waals surface area contributed by atoms with Crippen LogP contribution in [0.3, 0.4) is 0 Å². The topological polar surface area (TPSA) is 33.3 Å². The number of nitrogens with one attached hydrogen (secondary N) is 2. The molecular weight excluding hydrogens is 280 g/mol. The Labute approximate surface area is 133 Å². The number of anilines is 1. The molecule has 0 heterocycles. The van der Waals surface area contributed by atoms with Gasteiger partial charge in [-0.25, -0.2) is 0 Å². The highest BCUT2D eigenvalue weighted by Gasteiger charge is 2.16. The summed E-state index contributed by atoms with van der Waals surface area (Å²) in [5.41, 5.74) is 0.995. The predicted octanol–water partition coefficient (Wildman–Crippen LogP) is 4.48.